The Morgan fingerprint density at radius 3 is 3.15 bits per heavy atom. The highest BCUT2D eigenvalue weighted by atomic mass is 35.5. The van der Waals surface area contributed by atoms with Crippen molar-refractivity contribution in [1.82, 2.24) is 10.2 Å². The van der Waals surface area contributed by atoms with Crippen molar-refractivity contribution in [3.63, 3.8) is 0 Å². The fourth-order valence-electron chi connectivity index (χ4n) is 2.75. The van der Waals surface area contributed by atoms with Gasteiger partial charge in [-0.3, -0.25) is 4.79 Å². The zero-order chi connectivity index (χ0) is 14.1. The molecule has 5 nitrogen and oxygen atoms in total. The zero-order valence-corrected chi connectivity index (χ0v) is 12.1. The van der Waals surface area contributed by atoms with Crippen molar-refractivity contribution >= 4 is 17.5 Å². The first-order chi connectivity index (χ1) is 9.69. The normalized spacial score (nSPS) is 20.5. The van der Waals surface area contributed by atoms with Crippen molar-refractivity contribution in [3.05, 3.63) is 22.7 Å². The minimum absolute atomic E-state index is 0.00352. The number of halogens is 1. The lowest BCUT2D eigenvalue weighted by atomic mass is 10.1. The third-order valence-corrected chi connectivity index (χ3v) is 4.02. The van der Waals surface area contributed by atoms with Gasteiger partial charge in [0.05, 0.1) is 5.02 Å². The Morgan fingerprint density at radius 1 is 1.50 bits per heavy atom. The highest BCUT2D eigenvalue weighted by Gasteiger charge is 2.28. The molecule has 0 aromatic heterocycles. The Hall–Kier alpha value is -1.46. The van der Waals surface area contributed by atoms with Crippen molar-refractivity contribution in [3.8, 4) is 11.5 Å². The molecular formula is C14H17ClN2O3. The molecule has 20 heavy (non-hydrogen) atoms. The molecule has 1 aromatic carbocycles. The summed E-state index contributed by atoms with van der Waals surface area (Å²) in [6.07, 6.45) is 1.03. The molecule has 6 heteroatoms. The molecule has 0 aliphatic carbocycles. The number of nitrogens with one attached hydrogen (secondary N) is 1. The molecule has 1 amide bonds. The average molecular weight is 297 g/mol. The Bertz CT molecular complexity index is 535. The summed E-state index contributed by atoms with van der Waals surface area (Å²) in [5.74, 6) is 1.60. The van der Waals surface area contributed by atoms with Gasteiger partial charge in [-0.25, -0.2) is 0 Å². The molecule has 1 atom stereocenters. The Morgan fingerprint density at radius 2 is 2.35 bits per heavy atom. The van der Waals surface area contributed by atoms with Crippen LogP contribution in [0.15, 0.2) is 12.1 Å². The van der Waals surface area contributed by atoms with E-state index in [2.05, 4.69) is 5.32 Å². The van der Waals surface area contributed by atoms with E-state index in [1.54, 1.807) is 12.1 Å². The van der Waals surface area contributed by atoms with Gasteiger partial charge in [0, 0.05) is 18.7 Å². The summed E-state index contributed by atoms with van der Waals surface area (Å²) in [6.45, 7) is 2.66. The summed E-state index contributed by atoms with van der Waals surface area (Å²) in [5, 5.41) is 3.58. The van der Waals surface area contributed by atoms with Crippen LogP contribution in [0.5, 0.6) is 11.5 Å². The minimum atomic E-state index is 0.00352. The summed E-state index contributed by atoms with van der Waals surface area (Å²) in [6, 6.07) is 3.37. The number of hydrogen-bond acceptors (Lipinski definition) is 4. The van der Waals surface area contributed by atoms with Gasteiger partial charge in [0.1, 0.15) is 0 Å². The number of fused-ring (bicyclic) bond motifs is 1. The van der Waals surface area contributed by atoms with Gasteiger partial charge in [0.25, 0.3) is 5.91 Å². The minimum Gasteiger partial charge on any atom is -0.454 e. The van der Waals surface area contributed by atoms with E-state index in [0.29, 0.717) is 28.0 Å². The molecule has 1 aromatic rings. The second kappa shape index (κ2) is 5.50. The largest absolute Gasteiger partial charge is 0.454 e. The Kier molecular flexibility index (Phi) is 3.72. The molecule has 2 aliphatic heterocycles. The topological polar surface area (TPSA) is 50.8 Å². The van der Waals surface area contributed by atoms with Gasteiger partial charge >= 0.3 is 0 Å². The number of hydrogen-bond donors (Lipinski definition) is 1. The lowest BCUT2D eigenvalue weighted by Gasteiger charge is -2.17. The van der Waals surface area contributed by atoms with Crippen LogP contribution in [0.25, 0.3) is 0 Å². The summed E-state index contributed by atoms with van der Waals surface area (Å²) in [5.41, 5.74) is 0.560. The average Bonchev–Trinajstić information content (AvgIpc) is 3.07. The third kappa shape index (κ3) is 2.43. The maximum atomic E-state index is 12.5. The number of carbonyl (C=O) groups excluding carboxylic acids is 1. The molecular weight excluding hydrogens is 280 g/mol. The van der Waals surface area contributed by atoms with Crippen LogP contribution in [-0.4, -0.2) is 44.3 Å². The highest BCUT2D eigenvalue weighted by Crippen LogP contribution is 2.40. The first kappa shape index (κ1) is 13.5. The summed E-state index contributed by atoms with van der Waals surface area (Å²) < 4.78 is 10.6. The lowest BCUT2D eigenvalue weighted by Crippen LogP contribution is -2.30. The predicted molar refractivity (Wildman–Crippen MR) is 75.5 cm³/mol. The standard InChI is InChI=1S/C14H17ClN2O3/c1-16-6-9-2-3-17(7-9)14(18)10-4-11(15)13-12(5-10)19-8-20-13/h4-5,9,16H,2-3,6-8H2,1H3/t9-/m1/s1. The molecule has 0 spiro atoms. The Balaban J connectivity index is 1.77. The van der Waals surface area contributed by atoms with Gasteiger partial charge < -0.3 is 19.7 Å². The van der Waals surface area contributed by atoms with Crippen LogP contribution >= 0.6 is 11.6 Å². The van der Waals surface area contributed by atoms with E-state index < -0.39 is 0 Å². The number of carbonyl (C=O) groups is 1. The van der Waals surface area contributed by atoms with Crippen LogP contribution in [0.4, 0.5) is 0 Å². The number of nitrogens with zero attached hydrogens (tertiary/aromatic N) is 1. The van der Waals surface area contributed by atoms with E-state index in [1.807, 2.05) is 11.9 Å². The summed E-state index contributed by atoms with van der Waals surface area (Å²) in [4.78, 5) is 14.4. The van der Waals surface area contributed by atoms with E-state index in [0.717, 1.165) is 26.1 Å². The second-order valence-electron chi connectivity index (χ2n) is 5.16. The van der Waals surface area contributed by atoms with E-state index in [4.69, 9.17) is 21.1 Å². The maximum absolute atomic E-state index is 12.5. The molecule has 0 unspecified atom stereocenters. The van der Waals surface area contributed by atoms with Crippen LogP contribution in [-0.2, 0) is 0 Å². The molecule has 1 saturated heterocycles. The second-order valence-corrected chi connectivity index (χ2v) is 5.56. The predicted octanol–water partition coefficient (Wildman–Crippen LogP) is 1.75. The first-order valence-electron chi connectivity index (χ1n) is 6.72. The van der Waals surface area contributed by atoms with Crippen molar-refractivity contribution < 1.29 is 14.3 Å². The fourth-order valence-corrected chi connectivity index (χ4v) is 3.01. The molecule has 1 fully saturated rings. The molecule has 0 radical (unpaired) electrons. The fraction of sp³-hybridized carbons (Fsp3) is 0.500. The van der Waals surface area contributed by atoms with Gasteiger partial charge in [-0.15, -0.1) is 0 Å². The lowest BCUT2D eigenvalue weighted by molar-refractivity contribution is 0.0787. The van der Waals surface area contributed by atoms with Crippen molar-refractivity contribution in [2.75, 3.05) is 33.5 Å². The van der Waals surface area contributed by atoms with Gasteiger partial charge in [0.15, 0.2) is 11.5 Å². The quantitative estimate of drug-likeness (QED) is 0.923. The van der Waals surface area contributed by atoms with E-state index >= 15 is 0 Å². The van der Waals surface area contributed by atoms with Gasteiger partial charge in [0.2, 0.25) is 6.79 Å². The molecule has 108 valence electrons. The SMILES string of the molecule is CNC[C@H]1CCN(C(=O)c2cc(Cl)c3c(c2)OCO3)C1. The summed E-state index contributed by atoms with van der Waals surface area (Å²) >= 11 is 6.12. The zero-order valence-electron chi connectivity index (χ0n) is 11.3. The van der Waals surface area contributed by atoms with Crippen molar-refractivity contribution in [2.45, 2.75) is 6.42 Å². The molecule has 1 N–H and O–H groups in total. The smallest absolute Gasteiger partial charge is 0.254 e. The highest BCUT2D eigenvalue weighted by molar-refractivity contribution is 6.32. The van der Waals surface area contributed by atoms with Gasteiger partial charge in [-0.1, -0.05) is 11.6 Å². The van der Waals surface area contributed by atoms with Crippen LogP contribution in [0.3, 0.4) is 0 Å². The number of likely N-dealkylation sites (tertiary alicyclic amines) is 1. The monoisotopic (exact) mass is 296 g/mol. The molecule has 2 heterocycles. The van der Waals surface area contributed by atoms with Gasteiger partial charge in [-0.2, -0.15) is 0 Å². The van der Waals surface area contributed by atoms with Crippen LogP contribution in [0, 0.1) is 5.92 Å². The van der Waals surface area contributed by atoms with E-state index in [9.17, 15) is 4.79 Å². The number of ether oxygens (including phenoxy) is 2. The number of benzene rings is 1. The Labute approximate surface area is 122 Å². The number of rotatable bonds is 3. The van der Waals surface area contributed by atoms with Gasteiger partial charge in [-0.05, 0) is 38.1 Å². The molecule has 0 bridgehead atoms. The third-order valence-electron chi connectivity index (χ3n) is 3.74. The maximum Gasteiger partial charge on any atom is 0.254 e. The van der Waals surface area contributed by atoms with Crippen molar-refractivity contribution in [2.24, 2.45) is 5.92 Å². The molecule has 0 saturated carbocycles. The van der Waals surface area contributed by atoms with Crippen LogP contribution in [0.1, 0.15) is 16.8 Å². The van der Waals surface area contributed by atoms with E-state index in [1.165, 1.54) is 0 Å². The van der Waals surface area contributed by atoms with E-state index in [-0.39, 0.29) is 12.7 Å². The van der Waals surface area contributed by atoms with Crippen LogP contribution in [0.2, 0.25) is 5.02 Å². The van der Waals surface area contributed by atoms with Crippen molar-refractivity contribution in [1.29, 1.82) is 0 Å². The number of amides is 1. The molecule has 3 rings (SSSR count). The molecule has 2 aliphatic rings. The summed E-state index contributed by atoms with van der Waals surface area (Å²) in [7, 11) is 1.93. The van der Waals surface area contributed by atoms with Crippen LogP contribution < -0.4 is 14.8 Å². The first-order valence-corrected chi connectivity index (χ1v) is 7.10.